The Balaban J connectivity index is 1.81. The van der Waals surface area contributed by atoms with Crippen LogP contribution in [-0.4, -0.2) is 40.4 Å². The van der Waals surface area contributed by atoms with Crippen LogP contribution in [0.2, 0.25) is 0 Å². The van der Waals surface area contributed by atoms with Gasteiger partial charge in [-0.25, -0.2) is 0 Å². The summed E-state index contributed by atoms with van der Waals surface area (Å²) in [6.07, 6.45) is 10.1. The van der Waals surface area contributed by atoms with Crippen molar-refractivity contribution < 1.29 is 19.7 Å². The monoisotopic (exact) mass is 384 g/mol. The van der Waals surface area contributed by atoms with Gasteiger partial charge in [0.05, 0.1) is 19.1 Å². The van der Waals surface area contributed by atoms with E-state index in [9.17, 15) is 15.0 Å². The Hall–Kier alpha value is -0.760. The molecule has 5 heteroatoms. The van der Waals surface area contributed by atoms with Crippen LogP contribution in [0.3, 0.4) is 0 Å². The number of methoxy groups -OCH3 is 1. The van der Waals surface area contributed by atoms with E-state index >= 15 is 0 Å². The number of hydrogen-bond acceptors (Lipinski definition) is 4. The molecule has 0 heterocycles. The van der Waals surface area contributed by atoms with Crippen molar-refractivity contribution in [2.75, 3.05) is 7.11 Å². The Labute approximate surface area is 162 Å². The lowest BCUT2D eigenvalue weighted by molar-refractivity contribution is -0.140. The van der Waals surface area contributed by atoms with Gasteiger partial charge in [0, 0.05) is 11.8 Å². The summed E-state index contributed by atoms with van der Waals surface area (Å²) in [6, 6.07) is 0. The number of esters is 1. The fraction of sp³-hybridized carbons (Fsp3) is 0.857. The molecular formula is C21H33ClO4. The average molecular weight is 385 g/mol. The lowest BCUT2D eigenvalue weighted by Gasteiger charge is -2.27. The third-order valence-electron chi connectivity index (χ3n) is 5.86. The molecule has 2 aliphatic rings. The molecule has 2 fully saturated rings. The zero-order valence-corrected chi connectivity index (χ0v) is 16.6. The molecule has 26 heavy (non-hydrogen) atoms. The molecule has 2 saturated carbocycles. The molecule has 0 aromatic carbocycles. The number of carbonyl (C=O) groups is 1. The molecule has 0 aliphatic heterocycles. The standard InChI is InChI=1S/C21H33ClO4/c1-26-20(24)10-6-3-2-5-9-16-17(19(23)15-18(16)22)11-14-21(25)12-7-4-8-13-21/h16-19,23,25H,2-10,12-13,15H2,1H3/t16-,17-,18-,19-/m1/s1. The Morgan fingerprint density at radius 3 is 2.58 bits per heavy atom. The smallest absolute Gasteiger partial charge is 0.305 e. The number of hydrogen-bond donors (Lipinski definition) is 2. The van der Waals surface area contributed by atoms with Crippen LogP contribution < -0.4 is 0 Å². The van der Waals surface area contributed by atoms with Gasteiger partial charge in [0.1, 0.15) is 5.60 Å². The third kappa shape index (κ3) is 6.44. The van der Waals surface area contributed by atoms with E-state index < -0.39 is 11.7 Å². The zero-order chi connectivity index (χ0) is 19.0. The molecule has 2 N–H and O–H groups in total. The number of carbonyl (C=O) groups excluding carboxylic acids is 1. The highest BCUT2D eigenvalue weighted by Gasteiger charge is 2.40. The summed E-state index contributed by atoms with van der Waals surface area (Å²) in [4.78, 5) is 11.1. The topological polar surface area (TPSA) is 66.8 Å². The molecule has 148 valence electrons. The Morgan fingerprint density at radius 1 is 1.19 bits per heavy atom. The quantitative estimate of drug-likeness (QED) is 0.303. The molecule has 4 nitrogen and oxygen atoms in total. The molecule has 0 aromatic rings. The summed E-state index contributed by atoms with van der Waals surface area (Å²) >= 11 is 6.47. The van der Waals surface area contributed by atoms with Crippen molar-refractivity contribution in [2.45, 2.75) is 94.1 Å². The van der Waals surface area contributed by atoms with Crippen LogP contribution in [0, 0.1) is 23.7 Å². The molecule has 0 radical (unpaired) electrons. The first-order valence-electron chi connectivity index (χ1n) is 10.1. The van der Waals surface area contributed by atoms with E-state index in [0.717, 1.165) is 57.8 Å². The highest BCUT2D eigenvalue weighted by atomic mass is 35.5. The Kier molecular flexibility index (Phi) is 8.73. The fourth-order valence-electron chi connectivity index (χ4n) is 4.21. The molecular weight excluding hydrogens is 352 g/mol. The number of aliphatic hydroxyl groups excluding tert-OH is 1. The predicted octanol–water partition coefficient (Wildman–Crippen LogP) is 3.80. The molecule has 0 spiro atoms. The van der Waals surface area contributed by atoms with E-state index in [1.165, 1.54) is 13.5 Å². The molecule has 0 aromatic heterocycles. The van der Waals surface area contributed by atoms with Crippen molar-refractivity contribution in [3.63, 3.8) is 0 Å². The highest BCUT2D eigenvalue weighted by molar-refractivity contribution is 6.21. The van der Waals surface area contributed by atoms with Crippen LogP contribution in [0.4, 0.5) is 0 Å². The Morgan fingerprint density at radius 2 is 1.88 bits per heavy atom. The zero-order valence-electron chi connectivity index (χ0n) is 15.9. The van der Waals surface area contributed by atoms with E-state index in [1.54, 1.807) is 0 Å². The van der Waals surface area contributed by atoms with E-state index in [1.807, 2.05) is 0 Å². The van der Waals surface area contributed by atoms with Crippen molar-refractivity contribution in [2.24, 2.45) is 11.8 Å². The van der Waals surface area contributed by atoms with Crippen LogP contribution in [0.1, 0.15) is 77.0 Å². The van der Waals surface area contributed by atoms with Crippen LogP contribution in [0.5, 0.6) is 0 Å². The summed E-state index contributed by atoms with van der Waals surface area (Å²) < 4.78 is 4.64. The minimum Gasteiger partial charge on any atom is -0.469 e. The number of rotatable bonds is 7. The van der Waals surface area contributed by atoms with E-state index in [2.05, 4.69) is 16.6 Å². The van der Waals surface area contributed by atoms with Gasteiger partial charge in [-0.05, 0) is 50.9 Å². The summed E-state index contributed by atoms with van der Waals surface area (Å²) in [5, 5.41) is 20.9. The maximum Gasteiger partial charge on any atom is 0.305 e. The first kappa shape index (κ1) is 21.5. The number of alkyl halides is 1. The summed E-state index contributed by atoms with van der Waals surface area (Å²) in [5.41, 5.74) is -0.874. The second-order valence-corrected chi connectivity index (χ2v) is 8.46. The van der Waals surface area contributed by atoms with Gasteiger partial charge in [0.25, 0.3) is 0 Å². The number of halogens is 1. The largest absolute Gasteiger partial charge is 0.469 e. The van der Waals surface area contributed by atoms with Gasteiger partial charge in [0.15, 0.2) is 0 Å². The van der Waals surface area contributed by atoms with Gasteiger partial charge in [-0.2, -0.15) is 0 Å². The van der Waals surface area contributed by atoms with Crippen LogP contribution in [0.15, 0.2) is 0 Å². The fourth-order valence-corrected chi connectivity index (χ4v) is 4.68. The molecule has 0 amide bonds. The maximum atomic E-state index is 11.1. The molecule has 4 atom stereocenters. The van der Waals surface area contributed by atoms with E-state index in [-0.39, 0.29) is 23.2 Å². The SMILES string of the molecule is COC(=O)CCCCCC[C@@H]1[C@@H](C#CC2(O)CCCCC2)[C@H](O)C[C@H]1Cl. The predicted molar refractivity (Wildman–Crippen MR) is 103 cm³/mol. The van der Waals surface area contributed by atoms with Gasteiger partial charge in [-0.1, -0.05) is 37.5 Å². The molecule has 0 saturated heterocycles. The van der Waals surface area contributed by atoms with Crippen LogP contribution in [-0.2, 0) is 9.53 Å². The number of ether oxygens (including phenoxy) is 1. The summed E-state index contributed by atoms with van der Waals surface area (Å²) in [6.45, 7) is 0. The summed E-state index contributed by atoms with van der Waals surface area (Å²) in [5.74, 6) is 6.17. The summed E-state index contributed by atoms with van der Waals surface area (Å²) in [7, 11) is 1.42. The first-order chi connectivity index (χ1) is 12.4. The minimum absolute atomic E-state index is 0.0552. The first-order valence-corrected chi connectivity index (χ1v) is 10.5. The third-order valence-corrected chi connectivity index (χ3v) is 6.36. The van der Waals surface area contributed by atoms with Crippen molar-refractivity contribution >= 4 is 17.6 Å². The van der Waals surface area contributed by atoms with E-state index in [4.69, 9.17) is 11.6 Å². The van der Waals surface area contributed by atoms with Crippen LogP contribution in [0.25, 0.3) is 0 Å². The van der Waals surface area contributed by atoms with E-state index in [0.29, 0.717) is 12.8 Å². The second-order valence-electron chi connectivity index (χ2n) is 7.90. The highest BCUT2D eigenvalue weighted by Crippen LogP contribution is 2.39. The molecule has 2 rings (SSSR count). The van der Waals surface area contributed by atoms with Crippen molar-refractivity contribution in [3.05, 3.63) is 0 Å². The van der Waals surface area contributed by atoms with Crippen LogP contribution >= 0.6 is 11.6 Å². The van der Waals surface area contributed by atoms with Gasteiger partial charge >= 0.3 is 5.97 Å². The second kappa shape index (κ2) is 10.5. The lowest BCUT2D eigenvalue weighted by Crippen LogP contribution is -2.30. The minimum atomic E-state index is -0.874. The van der Waals surface area contributed by atoms with Crippen molar-refractivity contribution in [1.29, 1.82) is 0 Å². The van der Waals surface area contributed by atoms with Crippen molar-refractivity contribution in [1.82, 2.24) is 0 Å². The molecule has 0 bridgehead atoms. The number of unbranched alkanes of at least 4 members (excludes halogenated alkanes) is 3. The van der Waals surface area contributed by atoms with Gasteiger partial charge in [0.2, 0.25) is 0 Å². The van der Waals surface area contributed by atoms with Crippen molar-refractivity contribution in [3.8, 4) is 11.8 Å². The molecule has 0 unspecified atom stereocenters. The number of aliphatic hydroxyl groups is 2. The molecule has 2 aliphatic carbocycles. The lowest BCUT2D eigenvalue weighted by atomic mass is 9.84. The maximum absolute atomic E-state index is 11.1. The van der Waals surface area contributed by atoms with Gasteiger partial charge in [-0.15, -0.1) is 11.6 Å². The average Bonchev–Trinajstić information content (AvgIpc) is 2.89. The Bertz CT molecular complexity index is 504. The van der Waals surface area contributed by atoms with Gasteiger partial charge in [-0.3, -0.25) is 4.79 Å². The van der Waals surface area contributed by atoms with Gasteiger partial charge < -0.3 is 14.9 Å². The normalized spacial score (nSPS) is 30.5.